The van der Waals surface area contributed by atoms with Crippen molar-refractivity contribution in [2.75, 3.05) is 28.6 Å². The van der Waals surface area contributed by atoms with Crippen LogP contribution in [0.3, 0.4) is 0 Å². The van der Waals surface area contributed by atoms with Gasteiger partial charge < -0.3 is 20.3 Å². The molecule has 0 aromatic heterocycles. The SMILES string of the molecule is CCC(CC=O)c1cc(F)c(N(CC(C)C)CC(C)C)c(NC(=O)Nc2ccc(C)cc2)c1. The molecule has 0 bridgehead atoms. The number of carbonyl (C=O) groups is 2. The van der Waals surface area contributed by atoms with Crippen LogP contribution >= 0.6 is 0 Å². The van der Waals surface area contributed by atoms with Gasteiger partial charge in [-0.05, 0) is 60.9 Å². The molecule has 0 saturated carbocycles. The number of urea groups is 1. The van der Waals surface area contributed by atoms with Crippen molar-refractivity contribution >= 4 is 29.4 Å². The lowest BCUT2D eigenvalue weighted by Gasteiger charge is -2.31. The third kappa shape index (κ3) is 7.88. The summed E-state index contributed by atoms with van der Waals surface area (Å²) in [6, 6.07) is 10.4. The molecule has 180 valence electrons. The molecular weight excluding hydrogens is 417 g/mol. The summed E-state index contributed by atoms with van der Waals surface area (Å²) in [6.07, 6.45) is 1.88. The molecule has 0 aliphatic rings. The topological polar surface area (TPSA) is 61.4 Å². The van der Waals surface area contributed by atoms with Crippen LogP contribution in [-0.4, -0.2) is 25.4 Å². The maximum Gasteiger partial charge on any atom is 0.323 e. The zero-order chi connectivity index (χ0) is 24.5. The molecule has 0 aliphatic carbocycles. The molecule has 5 nitrogen and oxygen atoms in total. The Labute approximate surface area is 197 Å². The first-order chi connectivity index (χ1) is 15.6. The third-order valence-corrected chi connectivity index (χ3v) is 5.48. The first-order valence-corrected chi connectivity index (χ1v) is 11.8. The standard InChI is InChI=1S/C27H38FN3O2/c1-7-21(12-13-32)22-14-24(28)26(31(16-18(2)3)17-19(4)5)25(15-22)30-27(33)29-23-10-8-20(6)9-11-23/h8-11,13-15,18-19,21H,7,12,16-17H2,1-6H3,(H2,29,30,33). The molecule has 0 aliphatic heterocycles. The van der Waals surface area contributed by atoms with E-state index in [-0.39, 0.29) is 11.7 Å². The number of nitrogens with one attached hydrogen (secondary N) is 2. The maximum atomic E-state index is 15.6. The first-order valence-electron chi connectivity index (χ1n) is 11.8. The number of benzene rings is 2. The van der Waals surface area contributed by atoms with E-state index in [1.54, 1.807) is 0 Å². The summed E-state index contributed by atoms with van der Waals surface area (Å²) in [5.41, 5.74) is 3.27. The molecule has 1 atom stereocenters. The Balaban J connectivity index is 2.48. The predicted molar refractivity (Wildman–Crippen MR) is 136 cm³/mol. The molecule has 0 heterocycles. The van der Waals surface area contributed by atoms with Crippen LogP contribution in [0.4, 0.5) is 26.2 Å². The van der Waals surface area contributed by atoms with Crippen LogP contribution in [0.5, 0.6) is 0 Å². The van der Waals surface area contributed by atoms with Gasteiger partial charge in [-0.15, -0.1) is 0 Å². The minimum absolute atomic E-state index is 0.101. The number of halogens is 1. The van der Waals surface area contributed by atoms with Crippen LogP contribution in [0.25, 0.3) is 0 Å². The van der Waals surface area contributed by atoms with E-state index in [1.165, 1.54) is 6.07 Å². The second-order valence-electron chi connectivity index (χ2n) is 9.54. The number of hydrogen-bond donors (Lipinski definition) is 2. The molecule has 0 spiro atoms. The van der Waals surface area contributed by atoms with Gasteiger partial charge in [-0.2, -0.15) is 0 Å². The number of carbonyl (C=O) groups excluding carboxylic acids is 2. The van der Waals surface area contributed by atoms with Gasteiger partial charge in [0.05, 0.1) is 11.4 Å². The highest BCUT2D eigenvalue weighted by molar-refractivity contribution is 6.02. The largest absolute Gasteiger partial charge is 0.367 e. The van der Waals surface area contributed by atoms with E-state index in [9.17, 15) is 9.59 Å². The van der Waals surface area contributed by atoms with Crippen LogP contribution in [-0.2, 0) is 4.79 Å². The zero-order valence-electron chi connectivity index (χ0n) is 20.7. The molecule has 2 aromatic rings. The number of aryl methyl sites for hydroxylation is 1. The lowest BCUT2D eigenvalue weighted by atomic mass is 9.92. The number of nitrogens with zero attached hydrogens (tertiary/aromatic N) is 1. The summed E-state index contributed by atoms with van der Waals surface area (Å²) >= 11 is 0. The second kappa shape index (κ2) is 12.4. The fourth-order valence-electron chi connectivity index (χ4n) is 3.99. The van der Waals surface area contributed by atoms with E-state index in [1.807, 2.05) is 49.1 Å². The summed E-state index contributed by atoms with van der Waals surface area (Å²) in [7, 11) is 0. The lowest BCUT2D eigenvalue weighted by molar-refractivity contribution is -0.108. The summed E-state index contributed by atoms with van der Waals surface area (Å²) in [5, 5.41) is 5.71. The summed E-state index contributed by atoms with van der Waals surface area (Å²) < 4.78 is 15.6. The molecule has 6 heteroatoms. The maximum absolute atomic E-state index is 15.6. The van der Waals surface area contributed by atoms with E-state index in [0.29, 0.717) is 60.4 Å². The second-order valence-corrected chi connectivity index (χ2v) is 9.54. The average molecular weight is 456 g/mol. The Bertz CT molecular complexity index is 916. The third-order valence-electron chi connectivity index (χ3n) is 5.48. The van der Waals surface area contributed by atoms with Crippen molar-refractivity contribution in [2.24, 2.45) is 11.8 Å². The van der Waals surface area contributed by atoms with Crippen molar-refractivity contribution in [3.05, 3.63) is 53.3 Å². The quantitative estimate of drug-likeness (QED) is 0.359. The van der Waals surface area contributed by atoms with Gasteiger partial charge in [0.2, 0.25) is 0 Å². The Hall–Kier alpha value is -2.89. The number of aldehydes is 1. The molecular formula is C27H38FN3O2. The lowest BCUT2D eigenvalue weighted by Crippen LogP contribution is -2.33. The van der Waals surface area contributed by atoms with E-state index in [0.717, 1.165) is 11.8 Å². The molecule has 33 heavy (non-hydrogen) atoms. The van der Waals surface area contributed by atoms with Gasteiger partial charge >= 0.3 is 6.03 Å². The number of anilines is 3. The van der Waals surface area contributed by atoms with Gasteiger partial charge in [0.1, 0.15) is 12.1 Å². The highest BCUT2D eigenvalue weighted by Gasteiger charge is 2.23. The van der Waals surface area contributed by atoms with Crippen molar-refractivity contribution in [1.29, 1.82) is 0 Å². The van der Waals surface area contributed by atoms with Crippen molar-refractivity contribution in [1.82, 2.24) is 0 Å². The van der Waals surface area contributed by atoms with Crippen LogP contribution in [0.2, 0.25) is 0 Å². The van der Waals surface area contributed by atoms with Crippen molar-refractivity contribution < 1.29 is 14.0 Å². The number of rotatable bonds is 11. The summed E-state index contributed by atoms with van der Waals surface area (Å²) in [4.78, 5) is 26.0. The zero-order valence-corrected chi connectivity index (χ0v) is 20.7. The smallest absolute Gasteiger partial charge is 0.323 e. The van der Waals surface area contributed by atoms with E-state index in [2.05, 4.69) is 38.3 Å². The Morgan fingerprint density at radius 1 is 1.03 bits per heavy atom. The molecule has 0 saturated heterocycles. The normalized spacial score (nSPS) is 12.0. The molecule has 2 rings (SSSR count). The molecule has 1 unspecified atom stereocenters. The van der Waals surface area contributed by atoms with Gasteiger partial charge in [0.25, 0.3) is 0 Å². The van der Waals surface area contributed by atoms with Gasteiger partial charge in [-0.25, -0.2) is 9.18 Å². The average Bonchev–Trinajstić information content (AvgIpc) is 2.72. The van der Waals surface area contributed by atoms with Crippen molar-refractivity contribution in [3.63, 3.8) is 0 Å². The fraction of sp³-hybridized carbons (Fsp3) is 0.481. The van der Waals surface area contributed by atoms with Crippen LogP contribution < -0.4 is 15.5 Å². The van der Waals surface area contributed by atoms with Crippen molar-refractivity contribution in [3.8, 4) is 0 Å². The Morgan fingerprint density at radius 2 is 1.64 bits per heavy atom. The number of hydrogen-bond acceptors (Lipinski definition) is 3. The fourth-order valence-corrected chi connectivity index (χ4v) is 3.99. The van der Waals surface area contributed by atoms with Gasteiger partial charge in [0, 0.05) is 25.2 Å². The molecule has 2 amide bonds. The van der Waals surface area contributed by atoms with Crippen LogP contribution in [0, 0.1) is 24.6 Å². The minimum atomic E-state index is -0.436. The first kappa shape index (κ1) is 26.4. The highest BCUT2D eigenvalue weighted by atomic mass is 19.1. The van der Waals surface area contributed by atoms with Crippen LogP contribution in [0.1, 0.15) is 64.5 Å². The minimum Gasteiger partial charge on any atom is -0.367 e. The van der Waals surface area contributed by atoms with E-state index < -0.39 is 6.03 Å². The molecule has 2 aromatic carbocycles. The van der Waals surface area contributed by atoms with Crippen LogP contribution in [0.15, 0.2) is 36.4 Å². The molecule has 0 fully saturated rings. The number of amides is 2. The Kier molecular flexibility index (Phi) is 9.89. The van der Waals surface area contributed by atoms with Gasteiger partial charge in [-0.3, -0.25) is 0 Å². The van der Waals surface area contributed by atoms with Gasteiger partial charge in [0.15, 0.2) is 0 Å². The highest BCUT2D eigenvalue weighted by Crippen LogP contribution is 2.36. The predicted octanol–water partition coefficient (Wildman–Crippen LogP) is 6.98. The summed E-state index contributed by atoms with van der Waals surface area (Å²) in [6.45, 7) is 13.6. The molecule has 0 radical (unpaired) electrons. The van der Waals surface area contributed by atoms with Gasteiger partial charge in [-0.1, -0.05) is 52.3 Å². The van der Waals surface area contributed by atoms with E-state index in [4.69, 9.17) is 0 Å². The summed E-state index contributed by atoms with van der Waals surface area (Å²) in [5.74, 6) is 0.144. The molecule has 2 N–H and O–H groups in total. The monoisotopic (exact) mass is 455 g/mol. The van der Waals surface area contributed by atoms with Crippen molar-refractivity contribution in [2.45, 2.75) is 60.3 Å². The Morgan fingerprint density at radius 3 is 2.15 bits per heavy atom. The van der Waals surface area contributed by atoms with E-state index >= 15 is 4.39 Å².